The zero-order chi connectivity index (χ0) is 19.0. The molecule has 0 atom stereocenters. The van der Waals surface area contributed by atoms with Crippen molar-refractivity contribution in [2.24, 2.45) is 7.05 Å². The number of nitrogens with zero attached hydrogens (tertiary/aromatic N) is 5. The van der Waals surface area contributed by atoms with Gasteiger partial charge in [0.15, 0.2) is 0 Å². The van der Waals surface area contributed by atoms with Crippen LogP contribution in [0.1, 0.15) is 21.6 Å². The molecule has 1 amide bonds. The maximum atomic E-state index is 12.6. The van der Waals surface area contributed by atoms with Gasteiger partial charge in [-0.05, 0) is 42.8 Å². The van der Waals surface area contributed by atoms with E-state index in [1.807, 2.05) is 37.5 Å². The molecule has 8 heteroatoms. The number of anilines is 1. The number of hydrogen-bond acceptors (Lipinski definition) is 5. The van der Waals surface area contributed by atoms with Crippen LogP contribution in [0.4, 0.5) is 5.69 Å². The average Bonchev–Trinajstić information content (AvgIpc) is 3.27. The zero-order valence-corrected chi connectivity index (χ0v) is 14.7. The van der Waals surface area contributed by atoms with Gasteiger partial charge in [-0.25, -0.2) is 4.98 Å². The third kappa shape index (κ3) is 3.02. The Kier molecular flexibility index (Phi) is 3.90. The number of fused-ring (bicyclic) bond motifs is 1. The Hall–Kier alpha value is -3.99. The predicted octanol–water partition coefficient (Wildman–Crippen LogP) is 2.79. The molecule has 0 spiro atoms. The monoisotopic (exact) mass is 357 g/mol. The summed E-state index contributed by atoms with van der Waals surface area (Å²) in [6, 6.07) is 11.0. The number of benzene rings is 1. The molecule has 1 aromatic carbocycles. The van der Waals surface area contributed by atoms with E-state index in [-0.39, 0.29) is 11.6 Å². The van der Waals surface area contributed by atoms with Crippen LogP contribution in [-0.2, 0) is 7.05 Å². The van der Waals surface area contributed by atoms with Crippen LogP contribution in [0.2, 0.25) is 0 Å². The predicted molar refractivity (Wildman–Crippen MR) is 99.9 cm³/mol. The van der Waals surface area contributed by atoms with E-state index in [0.717, 1.165) is 22.3 Å². The number of aryl methyl sites for hydroxylation is 2. The Labute approximate surface area is 154 Å². The number of carbonyl (C=O) groups excluding carboxylic acids is 1. The molecule has 0 aliphatic rings. The van der Waals surface area contributed by atoms with E-state index in [1.165, 1.54) is 6.20 Å². The Bertz CT molecular complexity index is 1210. The second kappa shape index (κ2) is 6.38. The van der Waals surface area contributed by atoms with Gasteiger partial charge < -0.3 is 5.32 Å². The third-order valence-corrected chi connectivity index (χ3v) is 4.20. The van der Waals surface area contributed by atoms with Gasteiger partial charge in [0.2, 0.25) is 0 Å². The fourth-order valence-electron chi connectivity index (χ4n) is 2.89. The van der Waals surface area contributed by atoms with Crippen molar-refractivity contribution < 1.29 is 4.79 Å². The standard InChI is InChI=1S/C19H15N7O/c1-11-7-12(9-20)10-21-17(11)19(27)22-13-3-4-15-14(8-13)18(24-23-15)16-5-6-26(2)25-16/h3-8,10H,1-2H3,(H,22,27)(H,23,24). The van der Waals surface area contributed by atoms with Crippen LogP contribution >= 0.6 is 0 Å². The molecule has 4 aromatic rings. The first-order valence-electron chi connectivity index (χ1n) is 8.21. The lowest BCUT2D eigenvalue weighted by atomic mass is 10.1. The molecule has 8 nitrogen and oxygen atoms in total. The Morgan fingerprint density at radius 3 is 2.85 bits per heavy atom. The van der Waals surface area contributed by atoms with Crippen LogP contribution in [0.25, 0.3) is 22.3 Å². The smallest absolute Gasteiger partial charge is 0.274 e. The van der Waals surface area contributed by atoms with Gasteiger partial charge >= 0.3 is 0 Å². The molecule has 132 valence electrons. The van der Waals surface area contributed by atoms with Crippen molar-refractivity contribution in [2.75, 3.05) is 5.32 Å². The lowest BCUT2D eigenvalue weighted by molar-refractivity contribution is 0.102. The highest BCUT2D eigenvalue weighted by atomic mass is 16.1. The molecular weight excluding hydrogens is 342 g/mol. The van der Waals surface area contributed by atoms with Gasteiger partial charge in [-0.1, -0.05) is 0 Å². The molecule has 0 aliphatic carbocycles. The lowest BCUT2D eigenvalue weighted by Crippen LogP contribution is -2.15. The van der Waals surface area contributed by atoms with Crippen molar-refractivity contribution in [1.82, 2.24) is 25.0 Å². The number of aromatic nitrogens is 5. The highest BCUT2D eigenvalue weighted by Crippen LogP contribution is 2.27. The minimum absolute atomic E-state index is 0.284. The van der Waals surface area contributed by atoms with E-state index < -0.39 is 0 Å². The number of nitrogens with one attached hydrogen (secondary N) is 2. The summed E-state index contributed by atoms with van der Waals surface area (Å²) in [5, 5.41) is 24.3. The summed E-state index contributed by atoms with van der Waals surface area (Å²) < 4.78 is 1.71. The minimum atomic E-state index is -0.334. The SMILES string of the molecule is Cc1cc(C#N)cnc1C(=O)Nc1ccc2[nH]nc(-c3ccn(C)n3)c2c1. The molecule has 0 unspecified atom stereocenters. The minimum Gasteiger partial charge on any atom is -0.321 e. The fraction of sp³-hybridized carbons (Fsp3) is 0.105. The van der Waals surface area contributed by atoms with Crippen molar-refractivity contribution in [3.8, 4) is 17.5 Å². The molecule has 0 aliphatic heterocycles. The first-order valence-corrected chi connectivity index (χ1v) is 8.21. The van der Waals surface area contributed by atoms with Crippen LogP contribution < -0.4 is 5.32 Å². The van der Waals surface area contributed by atoms with E-state index in [0.29, 0.717) is 16.8 Å². The van der Waals surface area contributed by atoms with Crippen molar-refractivity contribution in [2.45, 2.75) is 6.92 Å². The lowest BCUT2D eigenvalue weighted by Gasteiger charge is -2.07. The van der Waals surface area contributed by atoms with Gasteiger partial charge in [0, 0.05) is 30.5 Å². The molecule has 0 bridgehead atoms. The number of hydrogen-bond donors (Lipinski definition) is 2. The van der Waals surface area contributed by atoms with Crippen LogP contribution in [0.5, 0.6) is 0 Å². The quantitative estimate of drug-likeness (QED) is 0.585. The maximum Gasteiger partial charge on any atom is 0.274 e. The van der Waals surface area contributed by atoms with Crippen LogP contribution in [0.3, 0.4) is 0 Å². The number of nitriles is 1. The number of rotatable bonds is 3. The second-order valence-electron chi connectivity index (χ2n) is 6.16. The molecule has 0 fully saturated rings. The number of H-pyrrole nitrogens is 1. The molecule has 0 saturated heterocycles. The first kappa shape index (κ1) is 16.5. The van der Waals surface area contributed by atoms with Crippen LogP contribution in [0.15, 0.2) is 42.7 Å². The fourth-order valence-corrected chi connectivity index (χ4v) is 2.89. The molecule has 0 saturated carbocycles. The van der Waals surface area contributed by atoms with Crippen LogP contribution in [0, 0.1) is 18.3 Å². The van der Waals surface area contributed by atoms with Crippen LogP contribution in [-0.4, -0.2) is 30.9 Å². The molecule has 3 aromatic heterocycles. The van der Waals surface area contributed by atoms with Crippen molar-refractivity contribution in [1.29, 1.82) is 5.26 Å². The van der Waals surface area contributed by atoms with E-state index in [1.54, 1.807) is 23.7 Å². The first-order chi connectivity index (χ1) is 13.0. The van der Waals surface area contributed by atoms with Gasteiger partial charge in [-0.2, -0.15) is 15.5 Å². The zero-order valence-electron chi connectivity index (χ0n) is 14.7. The molecule has 2 N–H and O–H groups in total. The summed E-state index contributed by atoms with van der Waals surface area (Å²) in [6.07, 6.45) is 3.24. The summed E-state index contributed by atoms with van der Waals surface area (Å²) in [5.41, 5.74) is 4.28. The van der Waals surface area contributed by atoms with Gasteiger partial charge in [0.1, 0.15) is 23.2 Å². The van der Waals surface area contributed by atoms with Crippen molar-refractivity contribution in [3.05, 3.63) is 59.5 Å². The van der Waals surface area contributed by atoms with E-state index in [9.17, 15) is 4.79 Å². The van der Waals surface area contributed by atoms with Crippen molar-refractivity contribution in [3.63, 3.8) is 0 Å². The highest BCUT2D eigenvalue weighted by molar-refractivity contribution is 6.05. The topological polar surface area (TPSA) is 112 Å². The number of amides is 1. The van der Waals surface area contributed by atoms with Gasteiger partial charge in [-0.3, -0.25) is 14.6 Å². The summed E-state index contributed by atoms with van der Waals surface area (Å²) in [4.78, 5) is 16.7. The van der Waals surface area contributed by atoms with Gasteiger partial charge in [0.25, 0.3) is 5.91 Å². The summed E-state index contributed by atoms with van der Waals surface area (Å²) in [5.74, 6) is -0.334. The molecule has 4 rings (SSSR count). The molecular formula is C19H15N7O. The van der Waals surface area contributed by atoms with E-state index in [4.69, 9.17) is 5.26 Å². The van der Waals surface area contributed by atoms with Gasteiger partial charge in [-0.15, -0.1) is 0 Å². The molecule has 0 radical (unpaired) electrons. The number of aromatic amines is 1. The Morgan fingerprint density at radius 1 is 1.30 bits per heavy atom. The number of carbonyl (C=O) groups is 1. The third-order valence-electron chi connectivity index (χ3n) is 4.20. The largest absolute Gasteiger partial charge is 0.321 e. The average molecular weight is 357 g/mol. The number of pyridine rings is 1. The normalized spacial score (nSPS) is 10.7. The summed E-state index contributed by atoms with van der Waals surface area (Å²) >= 11 is 0. The van der Waals surface area contributed by atoms with Crippen molar-refractivity contribution >= 4 is 22.5 Å². The van der Waals surface area contributed by atoms with E-state index >= 15 is 0 Å². The summed E-state index contributed by atoms with van der Waals surface area (Å²) in [6.45, 7) is 1.75. The summed E-state index contributed by atoms with van der Waals surface area (Å²) in [7, 11) is 1.84. The highest BCUT2D eigenvalue weighted by Gasteiger charge is 2.14. The second-order valence-corrected chi connectivity index (χ2v) is 6.16. The van der Waals surface area contributed by atoms with Gasteiger partial charge in [0.05, 0.1) is 11.1 Å². The maximum absolute atomic E-state index is 12.6. The van der Waals surface area contributed by atoms with E-state index in [2.05, 4.69) is 25.6 Å². The Balaban J connectivity index is 1.66. The molecule has 3 heterocycles. The Morgan fingerprint density at radius 2 is 2.15 bits per heavy atom. The molecule has 27 heavy (non-hydrogen) atoms.